The maximum atomic E-state index is 10.2. The number of carbonyl (C=O) groups is 2. The first-order valence-electron chi connectivity index (χ1n) is 8.07. The second-order valence-corrected chi connectivity index (χ2v) is 3.34. The zero-order valence-electron chi connectivity index (χ0n) is 16.8. The summed E-state index contributed by atoms with van der Waals surface area (Å²) in [5, 5.41) is 30.8. The summed E-state index contributed by atoms with van der Waals surface area (Å²) >= 11 is 0. The molecule has 0 unspecified atom stereocenters. The maximum absolute atomic E-state index is 10.2. The van der Waals surface area contributed by atoms with Gasteiger partial charge >= 0.3 is 11.9 Å². The Balaban J connectivity index is -0.0000000851. The average molecular weight is 552 g/mol. The fourth-order valence-corrected chi connectivity index (χ4v) is 1.16. The summed E-state index contributed by atoms with van der Waals surface area (Å²) in [5.74, 6) is -1.76. The van der Waals surface area contributed by atoms with Gasteiger partial charge in [0.2, 0.25) is 0 Å². The van der Waals surface area contributed by atoms with E-state index >= 15 is 0 Å². The van der Waals surface area contributed by atoms with Crippen LogP contribution in [0.5, 0.6) is 0 Å². The Kier molecular flexibility index (Phi) is 42.3. The molecule has 2 rings (SSSR count). The molecule has 0 amide bonds. The van der Waals surface area contributed by atoms with Crippen molar-refractivity contribution in [3.8, 4) is 0 Å². The van der Waals surface area contributed by atoms with Gasteiger partial charge in [0.25, 0.3) is 0 Å². The first kappa shape index (κ1) is 36.0. The summed E-state index contributed by atoms with van der Waals surface area (Å²) in [6, 6.07) is 16.6. The molecule has 0 fully saturated rings. The van der Waals surface area contributed by atoms with Crippen LogP contribution < -0.4 is 0 Å². The number of aromatic carboxylic acids is 2. The molecule has 6 nitrogen and oxygen atoms in total. The summed E-state index contributed by atoms with van der Waals surface area (Å²) in [6.45, 7) is 8.00. The van der Waals surface area contributed by atoms with E-state index in [0.717, 1.165) is 14.2 Å². The largest absolute Gasteiger partial charge is 0.478 e. The van der Waals surface area contributed by atoms with Gasteiger partial charge < -0.3 is 20.4 Å². The SMILES string of the molecule is CC.CC.CO.CO.O=C(O)c1ccccc1.O=C(O)c1ccccc1.[W]. The molecule has 0 bridgehead atoms. The predicted molar refractivity (Wildman–Crippen MR) is 106 cm³/mol. The average Bonchev–Trinajstić information content (AvgIpc) is 2.75. The molecule has 0 atom stereocenters. The molecule has 0 aliphatic carbocycles. The molecule has 2 aromatic rings. The van der Waals surface area contributed by atoms with Crippen LogP contribution in [0.3, 0.4) is 0 Å². The van der Waals surface area contributed by atoms with E-state index in [1.807, 2.05) is 27.7 Å². The van der Waals surface area contributed by atoms with Gasteiger partial charge in [-0.3, -0.25) is 0 Å². The van der Waals surface area contributed by atoms with Crippen molar-refractivity contribution in [1.29, 1.82) is 0 Å². The zero-order valence-corrected chi connectivity index (χ0v) is 19.7. The number of benzene rings is 2. The Morgan fingerprint density at radius 3 is 0.852 bits per heavy atom. The molecule has 0 saturated heterocycles. The summed E-state index contributed by atoms with van der Waals surface area (Å²) in [5.41, 5.74) is 0.662. The van der Waals surface area contributed by atoms with Gasteiger partial charge in [-0.25, -0.2) is 9.59 Å². The Bertz CT molecular complexity index is 469. The van der Waals surface area contributed by atoms with Crippen LogP contribution in [0.1, 0.15) is 48.4 Å². The molecule has 0 aliphatic rings. The van der Waals surface area contributed by atoms with Crippen LogP contribution in [-0.2, 0) is 21.1 Å². The molecule has 7 heteroatoms. The number of hydrogen-bond acceptors (Lipinski definition) is 4. The molecule has 0 spiro atoms. The summed E-state index contributed by atoms with van der Waals surface area (Å²) in [6.07, 6.45) is 0. The molecule has 4 N–H and O–H groups in total. The Labute approximate surface area is 176 Å². The molecule has 0 saturated carbocycles. The van der Waals surface area contributed by atoms with E-state index in [-0.39, 0.29) is 21.1 Å². The molecule has 27 heavy (non-hydrogen) atoms. The summed E-state index contributed by atoms with van der Waals surface area (Å²) in [7, 11) is 2.00. The van der Waals surface area contributed by atoms with Crippen LogP contribution in [-0.4, -0.2) is 46.6 Å². The quantitative estimate of drug-likeness (QED) is 0.448. The van der Waals surface area contributed by atoms with Crippen LogP contribution in [0.2, 0.25) is 0 Å². The summed E-state index contributed by atoms with van der Waals surface area (Å²) in [4.78, 5) is 20.4. The predicted octanol–water partition coefficient (Wildman–Crippen LogP) is 4.04. The molecule has 0 aliphatic heterocycles. The number of carboxylic acids is 2. The van der Waals surface area contributed by atoms with Gasteiger partial charge in [-0.15, -0.1) is 0 Å². The van der Waals surface area contributed by atoms with Crippen molar-refractivity contribution in [2.75, 3.05) is 14.2 Å². The fourth-order valence-electron chi connectivity index (χ4n) is 1.16. The van der Waals surface area contributed by atoms with Gasteiger partial charge in [-0.05, 0) is 24.3 Å². The van der Waals surface area contributed by atoms with E-state index in [9.17, 15) is 9.59 Å². The number of carboxylic acid groups (broad SMARTS) is 2. The smallest absolute Gasteiger partial charge is 0.335 e. The fraction of sp³-hybridized carbons (Fsp3) is 0.300. The molecule has 2 aromatic carbocycles. The van der Waals surface area contributed by atoms with Crippen LogP contribution >= 0.6 is 0 Å². The van der Waals surface area contributed by atoms with Crippen LogP contribution in [0.25, 0.3) is 0 Å². The van der Waals surface area contributed by atoms with Crippen LogP contribution in [0, 0.1) is 0 Å². The van der Waals surface area contributed by atoms with Crippen molar-refractivity contribution in [3.63, 3.8) is 0 Å². The Hall–Kier alpha value is -2.01. The van der Waals surface area contributed by atoms with Crippen molar-refractivity contribution >= 4 is 11.9 Å². The first-order chi connectivity index (χ1) is 12.6. The topological polar surface area (TPSA) is 115 Å². The van der Waals surface area contributed by atoms with Gasteiger partial charge in [-0.2, -0.15) is 0 Å². The minimum absolute atomic E-state index is 0. The van der Waals surface area contributed by atoms with E-state index in [4.69, 9.17) is 20.4 Å². The van der Waals surface area contributed by atoms with Crippen molar-refractivity contribution in [2.24, 2.45) is 0 Å². The van der Waals surface area contributed by atoms with E-state index in [1.165, 1.54) is 0 Å². The monoisotopic (exact) mass is 552 g/mol. The second kappa shape index (κ2) is 31.7. The Morgan fingerprint density at radius 2 is 0.741 bits per heavy atom. The molecule has 0 aromatic heterocycles. The maximum Gasteiger partial charge on any atom is 0.335 e. The van der Waals surface area contributed by atoms with Gasteiger partial charge in [0.1, 0.15) is 0 Å². The van der Waals surface area contributed by atoms with Crippen molar-refractivity contribution in [2.45, 2.75) is 27.7 Å². The number of rotatable bonds is 2. The minimum Gasteiger partial charge on any atom is -0.478 e. The van der Waals surface area contributed by atoms with Gasteiger partial charge in [0.05, 0.1) is 11.1 Å². The first-order valence-corrected chi connectivity index (χ1v) is 8.07. The van der Waals surface area contributed by atoms with Crippen LogP contribution in [0.4, 0.5) is 0 Å². The molecular formula is C20H32O6W. The van der Waals surface area contributed by atoms with E-state index in [1.54, 1.807) is 60.7 Å². The number of hydrogen-bond donors (Lipinski definition) is 4. The molecular weight excluding hydrogens is 520 g/mol. The second-order valence-electron chi connectivity index (χ2n) is 3.34. The summed E-state index contributed by atoms with van der Waals surface area (Å²) < 4.78 is 0. The molecule has 0 heterocycles. The van der Waals surface area contributed by atoms with E-state index in [2.05, 4.69) is 0 Å². The van der Waals surface area contributed by atoms with E-state index < -0.39 is 11.9 Å². The third kappa shape index (κ3) is 24.0. The van der Waals surface area contributed by atoms with Crippen LogP contribution in [0.15, 0.2) is 60.7 Å². The Morgan fingerprint density at radius 1 is 0.556 bits per heavy atom. The van der Waals surface area contributed by atoms with Gasteiger partial charge in [-0.1, -0.05) is 64.1 Å². The zero-order chi connectivity index (χ0) is 21.4. The van der Waals surface area contributed by atoms with Gasteiger partial charge in [0, 0.05) is 35.3 Å². The minimum atomic E-state index is -0.879. The van der Waals surface area contributed by atoms with Crippen molar-refractivity contribution < 1.29 is 51.1 Å². The van der Waals surface area contributed by atoms with Crippen molar-refractivity contribution in [3.05, 3.63) is 71.8 Å². The third-order valence-electron chi connectivity index (χ3n) is 2.04. The molecule has 0 radical (unpaired) electrons. The standard InChI is InChI=1S/2C7H6O2.2C2H6.2CH4O.W/c2*8-7(9)6-4-2-1-3-5-6;4*1-2;/h2*1-5H,(H,8,9);2*1-2H3;2*2H,1H3;. The van der Waals surface area contributed by atoms with Crippen molar-refractivity contribution in [1.82, 2.24) is 0 Å². The number of aliphatic hydroxyl groups is 2. The number of aliphatic hydroxyl groups excluding tert-OH is 2. The molecule has 154 valence electrons. The third-order valence-corrected chi connectivity index (χ3v) is 2.04. The van der Waals surface area contributed by atoms with Gasteiger partial charge in [0.15, 0.2) is 0 Å². The normalized spacial score (nSPS) is 6.81. The van der Waals surface area contributed by atoms with E-state index in [0.29, 0.717) is 11.1 Å².